The van der Waals surface area contributed by atoms with E-state index in [1.165, 1.54) is 0 Å². The third-order valence-corrected chi connectivity index (χ3v) is 2.16. The second-order valence-electron chi connectivity index (χ2n) is 3.53. The van der Waals surface area contributed by atoms with Gasteiger partial charge in [0.1, 0.15) is 5.75 Å². The summed E-state index contributed by atoms with van der Waals surface area (Å²) in [6.07, 6.45) is 1.40. The van der Waals surface area contributed by atoms with Gasteiger partial charge in [0.25, 0.3) is 0 Å². The SMILES string of the molecule is COc1ccc(COCCCC(=N)N)cc1. The number of nitrogens with two attached hydrogens (primary N) is 1. The van der Waals surface area contributed by atoms with E-state index >= 15 is 0 Å². The largest absolute Gasteiger partial charge is 0.497 e. The van der Waals surface area contributed by atoms with Crippen LogP contribution in [0.1, 0.15) is 18.4 Å². The van der Waals surface area contributed by atoms with Crippen LogP contribution in [0.5, 0.6) is 5.75 Å². The lowest BCUT2D eigenvalue weighted by Crippen LogP contribution is -2.10. The van der Waals surface area contributed by atoms with Crippen molar-refractivity contribution in [1.29, 1.82) is 5.41 Å². The first-order valence-electron chi connectivity index (χ1n) is 5.26. The number of rotatable bonds is 7. The van der Waals surface area contributed by atoms with Crippen LogP contribution in [0.15, 0.2) is 24.3 Å². The molecule has 1 aromatic rings. The average molecular weight is 222 g/mol. The van der Waals surface area contributed by atoms with Crippen molar-refractivity contribution in [2.24, 2.45) is 5.73 Å². The van der Waals surface area contributed by atoms with Crippen LogP contribution in [-0.4, -0.2) is 19.6 Å². The average Bonchev–Trinajstić information content (AvgIpc) is 2.29. The van der Waals surface area contributed by atoms with Crippen LogP contribution in [0.2, 0.25) is 0 Å². The molecule has 0 heterocycles. The van der Waals surface area contributed by atoms with E-state index in [-0.39, 0.29) is 5.84 Å². The number of amidine groups is 1. The number of nitrogens with one attached hydrogen (secondary N) is 1. The molecule has 4 heteroatoms. The molecule has 1 aromatic carbocycles. The summed E-state index contributed by atoms with van der Waals surface area (Å²) >= 11 is 0. The van der Waals surface area contributed by atoms with Crippen LogP contribution in [0.3, 0.4) is 0 Å². The molecule has 0 saturated carbocycles. The molecule has 1 rings (SSSR count). The monoisotopic (exact) mass is 222 g/mol. The Labute approximate surface area is 95.9 Å². The highest BCUT2D eigenvalue weighted by Gasteiger charge is 1.95. The summed E-state index contributed by atoms with van der Waals surface area (Å²) in [6.45, 7) is 1.22. The van der Waals surface area contributed by atoms with Crippen molar-refractivity contribution in [1.82, 2.24) is 0 Å². The van der Waals surface area contributed by atoms with Crippen molar-refractivity contribution in [3.63, 3.8) is 0 Å². The maximum Gasteiger partial charge on any atom is 0.118 e. The second kappa shape index (κ2) is 6.85. The van der Waals surface area contributed by atoms with Gasteiger partial charge >= 0.3 is 0 Å². The molecule has 0 spiro atoms. The van der Waals surface area contributed by atoms with Gasteiger partial charge < -0.3 is 15.2 Å². The maximum absolute atomic E-state index is 7.05. The van der Waals surface area contributed by atoms with E-state index in [4.69, 9.17) is 20.6 Å². The summed E-state index contributed by atoms with van der Waals surface area (Å²) < 4.78 is 10.5. The molecule has 0 aromatic heterocycles. The van der Waals surface area contributed by atoms with Crippen LogP contribution in [-0.2, 0) is 11.3 Å². The fourth-order valence-corrected chi connectivity index (χ4v) is 1.28. The number of ether oxygens (including phenoxy) is 2. The summed E-state index contributed by atoms with van der Waals surface area (Å²) in [6, 6.07) is 7.77. The van der Waals surface area contributed by atoms with Gasteiger partial charge in [-0.3, -0.25) is 5.41 Å². The minimum Gasteiger partial charge on any atom is -0.497 e. The van der Waals surface area contributed by atoms with Gasteiger partial charge in [0.05, 0.1) is 19.6 Å². The fraction of sp³-hybridized carbons (Fsp3) is 0.417. The third-order valence-electron chi connectivity index (χ3n) is 2.16. The molecule has 0 aliphatic rings. The Balaban J connectivity index is 2.19. The number of benzene rings is 1. The lowest BCUT2D eigenvalue weighted by Gasteiger charge is -2.05. The molecule has 0 fully saturated rings. The molecular weight excluding hydrogens is 204 g/mol. The molecule has 0 radical (unpaired) electrons. The molecule has 0 bridgehead atoms. The van der Waals surface area contributed by atoms with Crippen LogP contribution in [0, 0.1) is 5.41 Å². The Bertz CT molecular complexity index is 322. The Morgan fingerprint density at radius 1 is 1.31 bits per heavy atom. The highest BCUT2D eigenvalue weighted by atomic mass is 16.5. The van der Waals surface area contributed by atoms with E-state index < -0.39 is 0 Å². The van der Waals surface area contributed by atoms with E-state index in [0.717, 1.165) is 17.7 Å². The summed E-state index contributed by atoms with van der Waals surface area (Å²) in [5.74, 6) is 1.06. The van der Waals surface area contributed by atoms with Crippen LogP contribution in [0.4, 0.5) is 0 Å². The Morgan fingerprint density at radius 3 is 2.56 bits per heavy atom. The van der Waals surface area contributed by atoms with Crippen LogP contribution < -0.4 is 10.5 Å². The molecule has 0 aliphatic heterocycles. The molecule has 0 saturated heterocycles. The van der Waals surface area contributed by atoms with Gasteiger partial charge in [-0.1, -0.05) is 12.1 Å². The van der Waals surface area contributed by atoms with E-state index in [1.54, 1.807) is 7.11 Å². The number of hydrogen-bond acceptors (Lipinski definition) is 3. The molecule has 3 N–H and O–H groups in total. The quantitative estimate of drug-likeness (QED) is 0.421. The normalized spacial score (nSPS) is 10.1. The molecule has 0 amide bonds. The summed E-state index contributed by atoms with van der Waals surface area (Å²) in [5.41, 5.74) is 6.35. The van der Waals surface area contributed by atoms with E-state index in [0.29, 0.717) is 19.6 Å². The first kappa shape index (κ1) is 12.5. The lowest BCUT2D eigenvalue weighted by atomic mass is 10.2. The Morgan fingerprint density at radius 2 is 2.00 bits per heavy atom. The van der Waals surface area contributed by atoms with Crippen molar-refractivity contribution in [3.8, 4) is 5.75 Å². The third kappa shape index (κ3) is 4.79. The minimum absolute atomic E-state index is 0.216. The Hall–Kier alpha value is -1.55. The Kier molecular flexibility index (Phi) is 5.36. The topological polar surface area (TPSA) is 68.3 Å². The number of methoxy groups -OCH3 is 1. The smallest absolute Gasteiger partial charge is 0.118 e. The van der Waals surface area contributed by atoms with Crippen LogP contribution in [0.25, 0.3) is 0 Å². The van der Waals surface area contributed by atoms with Gasteiger partial charge in [-0.25, -0.2) is 0 Å². The number of hydrogen-bond donors (Lipinski definition) is 2. The zero-order chi connectivity index (χ0) is 11.8. The molecule has 4 nitrogen and oxygen atoms in total. The standard InChI is InChI=1S/C12H18N2O2/c1-15-11-6-4-10(5-7-11)9-16-8-2-3-12(13)14/h4-7H,2-3,8-9H2,1H3,(H3,13,14). The molecule has 0 unspecified atom stereocenters. The minimum atomic E-state index is 0.216. The van der Waals surface area contributed by atoms with Gasteiger partial charge in [0, 0.05) is 13.0 Å². The molecule has 0 atom stereocenters. The maximum atomic E-state index is 7.05. The van der Waals surface area contributed by atoms with Crippen LogP contribution >= 0.6 is 0 Å². The predicted octanol–water partition coefficient (Wildman–Crippen LogP) is 1.93. The fourth-order valence-electron chi connectivity index (χ4n) is 1.28. The van der Waals surface area contributed by atoms with E-state index in [1.807, 2.05) is 24.3 Å². The first-order valence-corrected chi connectivity index (χ1v) is 5.26. The van der Waals surface area contributed by atoms with E-state index in [9.17, 15) is 0 Å². The van der Waals surface area contributed by atoms with Crippen molar-refractivity contribution in [3.05, 3.63) is 29.8 Å². The van der Waals surface area contributed by atoms with Gasteiger partial charge in [0.2, 0.25) is 0 Å². The molecule has 88 valence electrons. The van der Waals surface area contributed by atoms with Crippen molar-refractivity contribution >= 4 is 5.84 Å². The van der Waals surface area contributed by atoms with Crippen molar-refractivity contribution in [2.75, 3.05) is 13.7 Å². The van der Waals surface area contributed by atoms with Gasteiger partial charge in [-0.2, -0.15) is 0 Å². The zero-order valence-corrected chi connectivity index (χ0v) is 9.53. The zero-order valence-electron chi connectivity index (χ0n) is 9.53. The lowest BCUT2D eigenvalue weighted by molar-refractivity contribution is 0.119. The molecule has 16 heavy (non-hydrogen) atoms. The predicted molar refractivity (Wildman–Crippen MR) is 63.8 cm³/mol. The van der Waals surface area contributed by atoms with Crippen molar-refractivity contribution in [2.45, 2.75) is 19.4 Å². The summed E-state index contributed by atoms with van der Waals surface area (Å²) in [4.78, 5) is 0. The second-order valence-corrected chi connectivity index (χ2v) is 3.53. The molecular formula is C12H18N2O2. The molecule has 0 aliphatic carbocycles. The van der Waals surface area contributed by atoms with Crippen molar-refractivity contribution < 1.29 is 9.47 Å². The summed E-state index contributed by atoms with van der Waals surface area (Å²) in [5, 5.41) is 7.05. The van der Waals surface area contributed by atoms with Gasteiger partial charge in [0.15, 0.2) is 0 Å². The van der Waals surface area contributed by atoms with E-state index in [2.05, 4.69) is 0 Å². The summed E-state index contributed by atoms with van der Waals surface area (Å²) in [7, 11) is 1.65. The first-order chi connectivity index (χ1) is 7.72. The van der Waals surface area contributed by atoms with Gasteiger partial charge in [-0.15, -0.1) is 0 Å². The van der Waals surface area contributed by atoms with Gasteiger partial charge in [-0.05, 0) is 24.1 Å². The highest BCUT2D eigenvalue weighted by molar-refractivity contribution is 5.76. The highest BCUT2D eigenvalue weighted by Crippen LogP contribution is 2.11.